The second kappa shape index (κ2) is 7.59. The number of hydrogen-bond acceptors (Lipinski definition) is 3. The van der Waals surface area contributed by atoms with Gasteiger partial charge in [0.15, 0.2) is 0 Å². The summed E-state index contributed by atoms with van der Waals surface area (Å²) < 4.78 is 0.811. The Kier molecular flexibility index (Phi) is 5.76. The van der Waals surface area contributed by atoms with Crippen molar-refractivity contribution in [3.05, 3.63) is 28.7 Å². The normalized spacial score (nSPS) is 17.5. The quantitative estimate of drug-likeness (QED) is 0.809. The number of para-hydroxylation sites is 1. The van der Waals surface area contributed by atoms with Crippen LogP contribution in [0, 0.1) is 5.92 Å². The molecule has 1 unspecified atom stereocenters. The van der Waals surface area contributed by atoms with E-state index in [4.69, 9.17) is 0 Å². The number of carbonyl (C=O) groups excluding carboxylic acids is 3. The maximum Gasteiger partial charge on any atom is 0.239 e. The summed E-state index contributed by atoms with van der Waals surface area (Å²) >= 11 is 3.42. The van der Waals surface area contributed by atoms with Gasteiger partial charge in [0.25, 0.3) is 0 Å². The van der Waals surface area contributed by atoms with E-state index in [0.717, 1.165) is 10.2 Å². The Balaban J connectivity index is 1.93. The van der Waals surface area contributed by atoms with E-state index in [9.17, 15) is 14.4 Å². The average molecular weight is 382 g/mol. The first-order valence-corrected chi connectivity index (χ1v) is 8.29. The van der Waals surface area contributed by atoms with Crippen molar-refractivity contribution in [1.82, 2.24) is 10.6 Å². The Labute approximate surface area is 143 Å². The molecule has 1 aliphatic heterocycles. The third-order valence-corrected chi connectivity index (χ3v) is 4.18. The van der Waals surface area contributed by atoms with Crippen LogP contribution in [0.5, 0.6) is 0 Å². The molecule has 1 heterocycles. The number of anilines is 1. The molecule has 124 valence electrons. The molecule has 1 atom stereocenters. The van der Waals surface area contributed by atoms with E-state index in [1.54, 1.807) is 4.90 Å². The average Bonchev–Trinajstić information content (AvgIpc) is 2.86. The van der Waals surface area contributed by atoms with E-state index < -0.39 is 5.92 Å². The second-order valence-corrected chi connectivity index (χ2v) is 6.65. The lowest BCUT2D eigenvalue weighted by Crippen LogP contribution is -2.42. The number of benzene rings is 1. The van der Waals surface area contributed by atoms with Gasteiger partial charge in [0, 0.05) is 23.5 Å². The predicted octanol–water partition coefficient (Wildman–Crippen LogP) is 1.44. The van der Waals surface area contributed by atoms with Gasteiger partial charge in [0.05, 0.1) is 18.2 Å². The molecular formula is C16H20BrN3O3. The smallest absolute Gasteiger partial charge is 0.239 e. The Bertz CT molecular complexity index is 618. The minimum absolute atomic E-state index is 0.0263. The number of hydrogen-bond donors (Lipinski definition) is 2. The fourth-order valence-electron chi connectivity index (χ4n) is 2.47. The van der Waals surface area contributed by atoms with Crippen LogP contribution in [0.15, 0.2) is 28.7 Å². The molecule has 6 nitrogen and oxygen atoms in total. The lowest BCUT2D eigenvalue weighted by atomic mass is 10.1. The predicted molar refractivity (Wildman–Crippen MR) is 90.9 cm³/mol. The highest BCUT2D eigenvalue weighted by Crippen LogP contribution is 2.31. The van der Waals surface area contributed by atoms with Crippen LogP contribution in [-0.2, 0) is 14.4 Å². The third kappa shape index (κ3) is 4.54. The lowest BCUT2D eigenvalue weighted by Gasteiger charge is -2.18. The summed E-state index contributed by atoms with van der Waals surface area (Å²) in [6.45, 7) is 3.95. The van der Waals surface area contributed by atoms with Crippen LogP contribution >= 0.6 is 15.9 Å². The van der Waals surface area contributed by atoms with Crippen molar-refractivity contribution in [3.63, 3.8) is 0 Å². The highest BCUT2D eigenvalue weighted by Gasteiger charge is 2.35. The summed E-state index contributed by atoms with van der Waals surface area (Å²) in [5.41, 5.74) is 0.755. The summed E-state index contributed by atoms with van der Waals surface area (Å²) in [5.74, 6) is -1.04. The van der Waals surface area contributed by atoms with Gasteiger partial charge in [-0.15, -0.1) is 0 Å². The van der Waals surface area contributed by atoms with E-state index in [-0.39, 0.29) is 36.7 Å². The van der Waals surface area contributed by atoms with Crippen molar-refractivity contribution in [3.8, 4) is 0 Å². The molecule has 3 amide bonds. The first-order chi connectivity index (χ1) is 10.9. The van der Waals surface area contributed by atoms with E-state index in [2.05, 4.69) is 26.6 Å². The SMILES string of the molecule is CC(C)NC(=O)CNC(=O)C1CC(=O)N(c2ccccc2Br)C1. The third-order valence-electron chi connectivity index (χ3n) is 3.51. The second-order valence-electron chi connectivity index (χ2n) is 5.80. The van der Waals surface area contributed by atoms with Crippen LogP contribution < -0.4 is 15.5 Å². The summed E-state index contributed by atoms with van der Waals surface area (Å²) in [5, 5.41) is 5.30. The highest BCUT2D eigenvalue weighted by molar-refractivity contribution is 9.10. The van der Waals surface area contributed by atoms with Crippen LogP contribution in [-0.4, -0.2) is 36.9 Å². The maximum atomic E-state index is 12.2. The van der Waals surface area contributed by atoms with Gasteiger partial charge >= 0.3 is 0 Å². The number of amides is 3. The van der Waals surface area contributed by atoms with Crippen molar-refractivity contribution in [2.75, 3.05) is 18.0 Å². The van der Waals surface area contributed by atoms with Gasteiger partial charge in [-0.1, -0.05) is 12.1 Å². The molecule has 1 saturated heterocycles. The molecule has 0 spiro atoms. The van der Waals surface area contributed by atoms with Gasteiger partial charge in [-0.3, -0.25) is 14.4 Å². The first kappa shape index (κ1) is 17.5. The zero-order valence-corrected chi connectivity index (χ0v) is 14.7. The van der Waals surface area contributed by atoms with Crippen molar-refractivity contribution in [2.45, 2.75) is 26.3 Å². The van der Waals surface area contributed by atoms with Crippen molar-refractivity contribution in [1.29, 1.82) is 0 Å². The van der Waals surface area contributed by atoms with Crippen LogP contribution in [0.1, 0.15) is 20.3 Å². The van der Waals surface area contributed by atoms with E-state index in [1.807, 2.05) is 38.1 Å². The first-order valence-electron chi connectivity index (χ1n) is 7.50. The molecule has 0 radical (unpaired) electrons. The standard InChI is InChI=1S/C16H20BrN3O3/c1-10(2)19-14(21)8-18-16(23)11-7-15(22)20(9-11)13-6-4-3-5-12(13)17/h3-6,10-11H,7-9H2,1-2H3,(H,18,23)(H,19,21). The molecule has 0 aromatic heterocycles. The monoisotopic (exact) mass is 381 g/mol. The number of halogens is 1. The van der Waals surface area contributed by atoms with Crippen LogP contribution in [0.4, 0.5) is 5.69 Å². The fourth-order valence-corrected chi connectivity index (χ4v) is 2.97. The zero-order valence-electron chi connectivity index (χ0n) is 13.1. The van der Waals surface area contributed by atoms with E-state index in [1.165, 1.54) is 0 Å². The molecule has 1 aromatic rings. The van der Waals surface area contributed by atoms with Crippen LogP contribution in [0.25, 0.3) is 0 Å². The van der Waals surface area contributed by atoms with E-state index in [0.29, 0.717) is 6.54 Å². The Morgan fingerprint density at radius 3 is 2.70 bits per heavy atom. The summed E-state index contributed by atoms with van der Waals surface area (Å²) in [4.78, 5) is 37.5. The minimum atomic E-state index is -0.443. The molecule has 7 heteroatoms. The summed E-state index contributed by atoms with van der Waals surface area (Å²) in [7, 11) is 0. The molecule has 2 rings (SSSR count). The number of carbonyl (C=O) groups is 3. The largest absolute Gasteiger partial charge is 0.352 e. The minimum Gasteiger partial charge on any atom is -0.352 e. The highest BCUT2D eigenvalue weighted by atomic mass is 79.9. The van der Waals surface area contributed by atoms with Gasteiger partial charge in [-0.2, -0.15) is 0 Å². The van der Waals surface area contributed by atoms with Gasteiger partial charge in [0.2, 0.25) is 17.7 Å². The molecule has 0 saturated carbocycles. The van der Waals surface area contributed by atoms with Crippen molar-refractivity contribution >= 4 is 39.3 Å². The molecule has 1 aromatic carbocycles. The van der Waals surface area contributed by atoms with Crippen LogP contribution in [0.3, 0.4) is 0 Å². The summed E-state index contributed by atoms with van der Waals surface area (Å²) in [6.07, 6.45) is 0.152. The van der Waals surface area contributed by atoms with Gasteiger partial charge < -0.3 is 15.5 Å². The molecular weight excluding hydrogens is 362 g/mol. The Morgan fingerprint density at radius 2 is 2.04 bits per heavy atom. The summed E-state index contributed by atoms with van der Waals surface area (Å²) in [6, 6.07) is 7.42. The number of nitrogens with one attached hydrogen (secondary N) is 2. The fraction of sp³-hybridized carbons (Fsp3) is 0.438. The molecule has 1 aliphatic rings. The Morgan fingerprint density at radius 1 is 1.35 bits per heavy atom. The van der Waals surface area contributed by atoms with Crippen LogP contribution in [0.2, 0.25) is 0 Å². The van der Waals surface area contributed by atoms with Gasteiger partial charge in [-0.05, 0) is 41.9 Å². The van der Waals surface area contributed by atoms with Crippen molar-refractivity contribution in [2.24, 2.45) is 5.92 Å². The molecule has 0 bridgehead atoms. The van der Waals surface area contributed by atoms with Gasteiger partial charge in [-0.25, -0.2) is 0 Å². The number of rotatable bonds is 5. The number of nitrogens with zero attached hydrogens (tertiary/aromatic N) is 1. The van der Waals surface area contributed by atoms with E-state index >= 15 is 0 Å². The molecule has 0 aliphatic carbocycles. The van der Waals surface area contributed by atoms with Gasteiger partial charge in [0.1, 0.15) is 0 Å². The zero-order chi connectivity index (χ0) is 17.0. The topological polar surface area (TPSA) is 78.5 Å². The molecule has 1 fully saturated rings. The van der Waals surface area contributed by atoms with Crippen molar-refractivity contribution < 1.29 is 14.4 Å². The molecule has 23 heavy (non-hydrogen) atoms. The Hall–Kier alpha value is -1.89. The molecule has 2 N–H and O–H groups in total. The maximum absolute atomic E-state index is 12.2. The lowest BCUT2D eigenvalue weighted by molar-refractivity contribution is -0.129.